The number of benzene rings is 2. The van der Waals surface area contributed by atoms with E-state index < -0.39 is 0 Å². The first-order valence-electron chi connectivity index (χ1n) is 6.57. The second-order valence-electron chi connectivity index (χ2n) is 4.64. The molecular formula is C17H11NO3S. The van der Waals surface area contributed by atoms with Crippen LogP contribution in [0.3, 0.4) is 0 Å². The Balaban J connectivity index is 1.90. The Hall–Kier alpha value is -2.66. The maximum atomic E-state index is 12.4. The van der Waals surface area contributed by atoms with Gasteiger partial charge in [-0.3, -0.25) is 14.4 Å². The van der Waals surface area contributed by atoms with Gasteiger partial charge in [-0.25, -0.2) is 4.90 Å². The number of hydrogen-bond acceptors (Lipinski definition) is 4. The van der Waals surface area contributed by atoms with E-state index in [1.54, 1.807) is 54.6 Å². The smallest absolute Gasteiger partial charge is 0.298 e. The number of anilines is 1. The van der Waals surface area contributed by atoms with Gasteiger partial charge >= 0.3 is 0 Å². The molecule has 3 rings (SSSR count). The lowest BCUT2D eigenvalue weighted by Gasteiger charge is -2.11. The van der Waals surface area contributed by atoms with Crippen molar-refractivity contribution in [2.45, 2.75) is 0 Å². The number of rotatable bonds is 3. The molecule has 0 aliphatic carbocycles. The van der Waals surface area contributed by atoms with Gasteiger partial charge in [-0.15, -0.1) is 0 Å². The third kappa shape index (κ3) is 2.71. The summed E-state index contributed by atoms with van der Waals surface area (Å²) in [6.45, 7) is 0. The van der Waals surface area contributed by atoms with Crippen molar-refractivity contribution in [3.8, 4) is 0 Å². The average molecular weight is 309 g/mol. The Morgan fingerprint density at radius 3 is 2.14 bits per heavy atom. The van der Waals surface area contributed by atoms with Crippen LogP contribution in [0.5, 0.6) is 0 Å². The van der Waals surface area contributed by atoms with E-state index in [1.165, 1.54) is 0 Å². The molecular weight excluding hydrogens is 298 g/mol. The lowest BCUT2D eigenvalue weighted by atomic mass is 10.1. The molecule has 2 aromatic rings. The Morgan fingerprint density at radius 1 is 0.864 bits per heavy atom. The summed E-state index contributed by atoms with van der Waals surface area (Å²) in [5, 5.41) is -0.313. The summed E-state index contributed by atoms with van der Waals surface area (Å²) in [4.78, 5) is 36.6. The Morgan fingerprint density at radius 2 is 1.50 bits per heavy atom. The molecule has 2 aromatic carbocycles. The molecule has 0 unspecified atom stereocenters. The predicted molar refractivity (Wildman–Crippen MR) is 86.7 cm³/mol. The summed E-state index contributed by atoms with van der Waals surface area (Å²) < 4.78 is 0. The van der Waals surface area contributed by atoms with Gasteiger partial charge in [-0.2, -0.15) is 0 Å². The minimum atomic E-state index is -0.333. The van der Waals surface area contributed by atoms with E-state index in [-0.39, 0.29) is 11.1 Å². The molecule has 1 aliphatic rings. The van der Waals surface area contributed by atoms with E-state index >= 15 is 0 Å². The quantitative estimate of drug-likeness (QED) is 0.640. The number of carbonyl (C=O) groups is 3. The lowest BCUT2D eigenvalue weighted by Crippen LogP contribution is -2.27. The van der Waals surface area contributed by atoms with Gasteiger partial charge in [0.05, 0.1) is 10.6 Å². The summed E-state index contributed by atoms with van der Waals surface area (Å²) in [7, 11) is 0. The number of imide groups is 1. The van der Waals surface area contributed by atoms with E-state index in [0.29, 0.717) is 16.2 Å². The first-order valence-corrected chi connectivity index (χ1v) is 7.39. The summed E-state index contributed by atoms with van der Waals surface area (Å²) in [6.07, 6.45) is 2.41. The van der Waals surface area contributed by atoms with E-state index in [0.717, 1.165) is 28.5 Å². The van der Waals surface area contributed by atoms with Gasteiger partial charge in [0.25, 0.3) is 11.1 Å². The standard InChI is InChI=1S/C17H11NO3S/c19-11-13-8-6-12(7-9-13)10-15-16(20)18(17(21)22-15)14-4-2-1-3-5-14/h1-11H/b15-10-. The van der Waals surface area contributed by atoms with Crippen molar-refractivity contribution in [3.63, 3.8) is 0 Å². The van der Waals surface area contributed by atoms with Crippen LogP contribution in [-0.4, -0.2) is 17.4 Å². The van der Waals surface area contributed by atoms with Crippen molar-refractivity contribution in [3.05, 3.63) is 70.6 Å². The highest BCUT2D eigenvalue weighted by Crippen LogP contribution is 2.35. The summed E-state index contributed by atoms with van der Waals surface area (Å²) in [6, 6.07) is 15.6. The molecule has 1 fully saturated rings. The Kier molecular flexibility index (Phi) is 3.89. The van der Waals surface area contributed by atoms with Gasteiger partial charge in [-0.1, -0.05) is 42.5 Å². The van der Waals surface area contributed by atoms with Crippen LogP contribution < -0.4 is 4.90 Å². The normalized spacial score (nSPS) is 16.4. The molecule has 0 saturated carbocycles. The number of carbonyl (C=O) groups excluding carboxylic acids is 3. The van der Waals surface area contributed by atoms with Crippen molar-refractivity contribution < 1.29 is 14.4 Å². The van der Waals surface area contributed by atoms with Crippen LogP contribution in [0.1, 0.15) is 15.9 Å². The van der Waals surface area contributed by atoms with Crippen LogP contribution in [0.15, 0.2) is 59.5 Å². The van der Waals surface area contributed by atoms with Gasteiger partial charge in [0.1, 0.15) is 6.29 Å². The van der Waals surface area contributed by atoms with Crippen molar-refractivity contribution >= 4 is 41.0 Å². The minimum Gasteiger partial charge on any atom is -0.298 e. The first-order chi connectivity index (χ1) is 10.7. The minimum absolute atomic E-state index is 0.313. The highest BCUT2D eigenvalue weighted by molar-refractivity contribution is 8.19. The number of hydrogen-bond donors (Lipinski definition) is 0. The molecule has 0 bridgehead atoms. The molecule has 2 amide bonds. The number of thioether (sulfide) groups is 1. The van der Waals surface area contributed by atoms with Crippen LogP contribution in [0, 0.1) is 0 Å². The van der Waals surface area contributed by atoms with E-state index in [2.05, 4.69) is 0 Å². The van der Waals surface area contributed by atoms with Crippen LogP contribution in [-0.2, 0) is 4.79 Å². The van der Waals surface area contributed by atoms with E-state index in [1.807, 2.05) is 6.07 Å². The topological polar surface area (TPSA) is 54.5 Å². The molecule has 108 valence electrons. The molecule has 22 heavy (non-hydrogen) atoms. The predicted octanol–water partition coefficient (Wildman–Crippen LogP) is 3.74. The number of aldehydes is 1. The highest BCUT2D eigenvalue weighted by atomic mass is 32.2. The van der Waals surface area contributed by atoms with Crippen LogP contribution in [0.2, 0.25) is 0 Å². The van der Waals surface area contributed by atoms with Gasteiger partial charge in [0.15, 0.2) is 0 Å². The number of amides is 2. The maximum absolute atomic E-state index is 12.4. The third-order valence-corrected chi connectivity index (χ3v) is 4.05. The summed E-state index contributed by atoms with van der Waals surface area (Å²) in [5.74, 6) is -0.333. The van der Waals surface area contributed by atoms with Gasteiger partial charge in [-0.05, 0) is 35.5 Å². The van der Waals surface area contributed by atoms with Crippen LogP contribution in [0.25, 0.3) is 6.08 Å². The third-order valence-electron chi connectivity index (χ3n) is 3.18. The van der Waals surface area contributed by atoms with Crippen LogP contribution >= 0.6 is 11.8 Å². The van der Waals surface area contributed by atoms with Crippen LogP contribution in [0.4, 0.5) is 10.5 Å². The van der Waals surface area contributed by atoms with Crippen molar-refractivity contribution in [1.82, 2.24) is 0 Å². The van der Waals surface area contributed by atoms with E-state index in [9.17, 15) is 14.4 Å². The second kappa shape index (κ2) is 5.99. The SMILES string of the molecule is O=Cc1ccc(/C=C2\SC(=O)N(c3ccccc3)C2=O)cc1. The summed E-state index contributed by atoms with van der Waals surface area (Å²) >= 11 is 0.910. The molecule has 0 spiro atoms. The molecule has 1 heterocycles. The molecule has 1 saturated heterocycles. The summed E-state index contributed by atoms with van der Waals surface area (Å²) in [5.41, 5.74) is 1.89. The Bertz CT molecular complexity index is 766. The van der Waals surface area contributed by atoms with Crippen molar-refractivity contribution in [1.29, 1.82) is 0 Å². The number of para-hydroxylation sites is 1. The Labute approximate surface area is 131 Å². The van der Waals surface area contributed by atoms with Gasteiger partial charge in [0, 0.05) is 5.56 Å². The monoisotopic (exact) mass is 309 g/mol. The molecule has 5 heteroatoms. The molecule has 0 aromatic heterocycles. The fourth-order valence-corrected chi connectivity index (χ4v) is 2.93. The maximum Gasteiger partial charge on any atom is 0.298 e. The molecule has 4 nitrogen and oxygen atoms in total. The fourth-order valence-electron chi connectivity index (χ4n) is 2.09. The van der Waals surface area contributed by atoms with Crippen molar-refractivity contribution in [2.75, 3.05) is 4.90 Å². The van der Waals surface area contributed by atoms with Gasteiger partial charge < -0.3 is 0 Å². The lowest BCUT2D eigenvalue weighted by molar-refractivity contribution is -0.113. The zero-order valence-corrected chi connectivity index (χ0v) is 12.2. The molecule has 0 radical (unpaired) electrons. The second-order valence-corrected chi connectivity index (χ2v) is 5.63. The zero-order chi connectivity index (χ0) is 15.5. The fraction of sp³-hybridized carbons (Fsp3) is 0. The molecule has 0 N–H and O–H groups in total. The zero-order valence-electron chi connectivity index (χ0n) is 11.4. The molecule has 1 aliphatic heterocycles. The van der Waals surface area contributed by atoms with E-state index in [4.69, 9.17) is 0 Å². The molecule has 0 atom stereocenters. The first kappa shape index (κ1) is 14.3. The largest absolute Gasteiger partial charge is 0.298 e. The highest BCUT2D eigenvalue weighted by Gasteiger charge is 2.36. The average Bonchev–Trinajstić information content (AvgIpc) is 2.83. The number of nitrogens with zero attached hydrogens (tertiary/aromatic N) is 1. The van der Waals surface area contributed by atoms with Gasteiger partial charge in [0.2, 0.25) is 0 Å². The van der Waals surface area contributed by atoms with Crippen molar-refractivity contribution in [2.24, 2.45) is 0 Å².